The molecular weight excluding hydrogens is 752 g/mol. The molecule has 16 heteroatoms. The SMILES string of the molecule is CC[C@H]1OC(=O)[C@H](C)[C@@H](OC(=O)NCCCCc2cccnc2)[C@H](C)[C@@H](O[C@@H]2O[C@H](C)C[C@H](N(C)C)[C@H]2O)[C@](C)(OC)C[C@@H](C)/C(=N\OC)[C@H](C)[C@H]2OC(=O)O[C@@]21C. The van der Waals surface area contributed by atoms with Crippen LogP contribution >= 0.6 is 0 Å². The summed E-state index contributed by atoms with van der Waals surface area (Å²) in [4.78, 5) is 52.4. The third kappa shape index (κ3) is 11.0. The van der Waals surface area contributed by atoms with Crippen molar-refractivity contribution in [2.24, 2.45) is 28.8 Å². The Hall–Kier alpha value is -3.57. The number of nitrogens with one attached hydrogen (secondary N) is 1. The van der Waals surface area contributed by atoms with Gasteiger partial charge in [0.1, 0.15) is 25.4 Å². The third-order valence-corrected chi connectivity index (χ3v) is 12.3. The van der Waals surface area contributed by atoms with Gasteiger partial charge in [-0.05, 0) is 91.9 Å². The lowest BCUT2D eigenvalue weighted by Gasteiger charge is -2.48. The fourth-order valence-electron chi connectivity index (χ4n) is 9.04. The van der Waals surface area contributed by atoms with Crippen LogP contribution < -0.4 is 5.32 Å². The second-order valence-electron chi connectivity index (χ2n) is 16.9. The Morgan fingerprint density at radius 2 is 1.81 bits per heavy atom. The molecular formula is C42H68N4O12. The number of rotatable bonds is 12. The van der Waals surface area contributed by atoms with Gasteiger partial charge in [-0.2, -0.15) is 0 Å². The van der Waals surface area contributed by atoms with E-state index in [1.165, 1.54) is 7.11 Å². The smallest absolute Gasteiger partial charge is 0.458 e. The number of pyridine rings is 1. The highest BCUT2D eigenvalue weighted by Crippen LogP contribution is 2.43. The number of unbranched alkanes of at least 4 members (excludes halogenated alkanes) is 1. The molecule has 4 heterocycles. The monoisotopic (exact) mass is 820 g/mol. The predicted molar refractivity (Wildman–Crippen MR) is 214 cm³/mol. The number of esters is 1. The van der Waals surface area contributed by atoms with Crippen LogP contribution in [0.15, 0.2) is 29.7 Å². The van der Waals surface area contributed by atoms with Crippen molar-refractivity contribution >= 4 is 23.9 Å². The number of alkyl carbamates (subject to hydrolysis) is 1. The molecule has 0 aromatic carbocycles. The Kier molecular flexibility index (Phi) is 16.7. The molecule has 3 saturated heterocycles. The summed E-state index contributed by atoms with van der Waals surface area (Å²) >= 11 is 0. The molecule has 1 aromatic heterocycles. The zero-order chi connectivity index (χ0) is 42.9. The van der Waals surface area contributed by atoms with Gasteiger partial charge in [-0.3, -0.25) is 9.78 Å². The summed E-state index contributed by atoms with van der Waals surface area (Å²) in [7, 11) is 6.78. The van der Waals surface area contributed by atoms with Crippen LogP contribution in [0.1, 0.15) is 93.1 Å². The van der Waals surface area contributed by atoms with Gasteiger partial charge in [-0.25, -0.2) is 9.59 Å². The first-order valence-electron chi connectivity index (χ1n) is 20.7. The summed E-state index contributed by atoms with van der Waals surface area (Å²) in [5.74, 6) is -3.45. The number of hydrogen-bond donors (Lipinski definition) is 2. The number of aryl methyl sites for hydroxylation is 1. The first-order valence-corrected chi connectivity index (χ1v) is 20.7. The van der Waals surface area contributed by atoms with Gasteiger partial charge in [-0.1, -0.05) is 38.9 Å². The highest BCUT2D eigenvalue weighted by Gasteiger charge is 2.59. The second-order valence-corrected chi connectivity index (χ2v) is 16.9. The van der Waals surface area contributed by atoms with Gasteiger partial charge in [0.05, 0.1) is 29.4 Å². The molecule has 0 unspecified atom stereocenters. The van der Waals surface area contributed by atoms with Crippen molar-refractivity contribution in [1.82, 2.24) is 15.2 Å². The Morgan fingerprint density at radius 1 is 1.09 bits per heavy atom. The van der Waals surface area contributed by atoms with Gasteiger partial charge in [0, 0.05) is 49.8 Å². The van der Waals surface area contributed by atoms with Gasteiger partial charge in [0.25, 0.3) is 0 Å². The van der Waals surface area contributed by atoms with E-state index in [1.54, 1.807) is 27.2 Å². The maximum Gasteiger partial charge on any atom is 0.509 e. The van der Waals surface area contributed by atoms with Crippen LogP contribution in [0.5, 0.6) is 0 Å². The van der Waals surface area contributed by atoms with Crippen LogP contribution in [-0.4, -0.2) is 134 Å². The molecule has 4 rings (SSSR count). The molecule has 3 aliphatic heterocycles. The van der Waals surface area contributed by atoms with Crippen LogP contribution in [0.2, 0.25) is 0 Å². The largest absolute Gasteiger partial charge is 0.509 e. The van der Waals surface area contributed by atoms with Gasteiger partial charge < -0.3 is 53.3 Å². The normalized spacial score (nSPS) is 38.2. The summed E-state index contributed by atoms with van der Waals surface area (Å²) in [6.45, 7) is 14.9. The van der Waals surface area contributed by atoms with E-state index in [1.807, 2.05) is 78.9 Å². The molecule has 0 bridgehead atoms. The Bertz CT molecular complexity index is 1530. The van der Waals surface area contributed by atoms with Gasteiger partial charge in [0.15, 0.2) is 18.0 Å². The number of ether oxygens (including phenoxy) is 7. The lowest BCUT2D eigenvalue weighted by molar-refractivity contribution is -0.301. The molecule has 1 aromatic rings. The van der Waals surface area contributed by atoms with Crippen molar-refractivity contribution in [1.29, 1.82) is 0 Å². The fraction of sp³-hybridized carbons (Fsp3) is 0.786. The summed E-state index contributed by atoms with van der Waals surface area (Å²) in [5.41, 5.74) is -0.950. The van der Waals surface area contributed by atoms with Crippen LogP contribution in [0.25, 0.3) is 0 Å². The number of carbonyl (C=O) groups excluding carboxylic acids is 3. The van der Waals surface area contributed by atoms with Crippen LogP contribution in [0.4, 0.5) is 9.59 Å². The number of likely N-dealkylation sites (N-methyl/N-ethyl adjacent to an activating group) is 1. The van der Waals surface area contributed by atoms with E-state index >= 15 is 0 Å². The van der Waals surface area contributed by atoms with Gasteiger partial charge in [-0.15, -0.1) is 0 Å². The number of hydrogen-bond acceptors (Lipinski definition) is 15. The molecule has 3 fully saturated rings. The minimum atomic E-state index is -1.40. The van der Waals surface area contributed by atoms with E-state index in [4.69, 9.17) is 38.0 Å². The summed E-state index contributed by atoms with van der Waals surface area (Å²) in [5, 5.41) is 19.0. The molecule has 1 amide bonds. The van der Waals surface area contributed by atoms with Crippen molar-refractivity contribution in [3.8, 4) is 0 Å². The Morgan fingerprint density at radius 3 is 2.43 bits per heavy atom. The van der Waals surface area contributed by atoms with Gasteiger partial charge >= 0.3 is 18.2 Å². The van der Waals surface area contributed by atoms with Crippen molar-refractivity contribution in [3.63, 3.8) is 0 Å². The van der Waals surface area contributed by atoms with E-state index in [9.17, 15) is 19.5 Å². The summed E-state index contributed by atoms with van der Waals surface area (Å²) in [6, 6.07) is 3.62. The van der Waals surface area contributed by atoms with Crippen molar-refractivity contribution in [2.45, 2.75) is 154 Å². The van der Waals surface area contributed by atoms with E-state index in [-0.39, 0.29) is 30.9 Å². The summed E-state index contributed by atoms with van der Waals surface area (Å²) < 4.78 is 43.6. The molecule has 3 aliphatic rings. The number of cyclic esters (lactones) is 1. The molecule has 14 atom stereocenters. The summed E-state index contributed by atoms with van der Waals surface area (Å²) in [6.07, 6.45) is -1.03. The van der Waals surface area contributed by atoms with Crippen molar-refractivity contribution in [3.05, 3.63) is 30.1 Å². The first-order chi connectivity index (χ1) is 27.4. The van der Waals surface area contributed by atoms with E-state index in [0.29, 0.717) is 25.1 Å². The number of amides is 1. The molecule has 0 spiro atoms. The lowest BCUT2D eigenvalue weighted by Crippen LogP contribution is -2.60. The molecule has 16 nitrogen and oxygen atoms in total. The molecule has 328 valence electrons. The number of methoxy groups -OCH3 is 1. The molecule has 2 N–H and O–H groups in total. The van der Waals surface area contributed by atoms with Crippen LogP contribution in [-0.2, 0) is 49.2 Å². The molecule has 58 heavy (non-hydrogen) atoms. The van der Waals surface area contributed by atoms with Crippen LogP contribution in [0, 0.1) is 23.7 Å². The Labute approximate surface area is 343 Å². The average Bonchev–Trinajstić information content (AvgIpc) is 3.50. The van der Waals surface area contributed by atoms with E-state index < -0.39 is 84.0 Å². The quantitative estimate of drug-likeness (QED) is 0.120. The molecule has 0 radical (unpaired) electrons. The van der Waals surface area contributed by atoms with Crippen LogP contribution in [0.3, 0.4) is 0 Å². The van der Waals surface area contributed by atoms with Crippen molar-refractivity contribution < 1.29 is 57.5 Å². The van der Waals surface area contributed by atoms with E-state index in [2.05, 4.69) is 15.5 Å². The number of fused-ring (bicyclic) bond motifs is 1. The standard InChI is InChI=1S/C42H68N4O12/c1-13-31-42(8)36(57-40(50)58-42)26(4)32(45-52-12)24(2)22-41(7,51-11)35(56-38-33(47)30(46(9)10)21-25(3)53-38)27(5)34(28(6)37(48)54-31)55-39(49)44-20-15-14-17-29-18-16-19-43-23-29/h16,18-19,23-28,30-31,33-36,38,47H,13-15,17,20-22H2,1-12H3,(H,44,49)/b45-32+/t24-,25-,26+,27+,28-,30+,31-,33-,34+,35-,36-,38+,41-,42-/m1/s1. The number of aliphatic hydroxyl groups is 1. The maximum atomic E-state index is 14.4. The number of carbonyl (C=O) groups is 3. The topological polar surface area (TPSA) is 186 Å². The minimum absolute atomic E-state index is 0.259. The minimum Gasteiger partial charge on any atom is -0.458 e. The molecule has 0 aliphatic carbocycles. The first kappa shape index (κ1) is 47.1. The highest BCUT2D eigenvalue weighted by atomic mass is 16.8. The number of aromatic nitrogens is 1. The lowest BCUT2D eigenvalue weighted by atomic mass is 9.73. The number of aliphatic hydroxyl groups excluding tert-OH is 1. The highest BCUT2D eigenvalue weighted by molar-refractivity contribution is 5.89. The average molecular weight is 821 g/mol. The zero-order valence-corrected chi connectivity index (χ0v) is 36.5. The number of nitrogens with zero attached hydrogens (tertiary/aromatic N) is 3. The Balaban J connectivity index is 1.77. The number of oxime groups is 1. The van der Waals surface area contributed by atoms with E-state index in [0.717, 1.165) is 18.4 Å². The second kappa shape index (κ2) is 20.6. The zero-order valence-electron chi connectivity index (χ0n) is 36.5. The maximum absolute atomic E-state index is 14.4. The fourth-order valence-corrected chi connectivity index (χ4v) is 9.04. The van der Waals surface area contributed by atoms with Crippen molar-refractivity contribution in [2.75, 3.05) is 34.9 Å². The molecule has 0 saturated carbocycles. The predicted octanol–water partition coefficient (Wildman–Crippen LogP) is 5.28. The third-order valence-electron chi connectivity index (χ3n) is 12.3. The van der Waals surface area contributed by atoms with Gasteiger partial charge in [0.2, 0.25) is 0 Å².